The summed E-state index contributed by atoms with van der Waals surface area (Å²) in [6.45, 7) is 1.70. The van der Waals surface area contributed by atoms with E-state index in [9.17, 15) is 10.2 Å². The molecule has 20 heavy (non-hydrogen) atoms. The maximum absolute atomic E-state index is 10.2. The molecule has 7 heteroatoms. The maximum Gasteiger partial charge on any atom is 0.144 e. The lowest BCUT2D eigenvalue weighted by atomic mass is 9.94. The van der Waals surface area contributed by atoms with Crippen LogP contribution < -0.4 is 5.73 Å². The highest BCUT2D eigenvalue weighted by molar-refractivity contribution is 7.17. The second-order valence-electron chi connectivity index (χ2n) is 5.06. The first-order chi connectivity index (χ1) is 9.61. The summed E-state index contributed by atoms with van der Waals surface area (Å²) in [7, 11) is 0. The molecule has 0 unspecified atom stereocenters. The van der Waals surface area contributed by atoms with E-state index in [4.69, 9.17) is 10.5 Å². The van der Waals surface area contributed by atoms with Gasteiger partial charge in [0.1, 0.15) is 17.7 Å². The van der Waals surface area contributed by atoms with E-state index >= 15 is 0 Å². The van der Waals surface area contributed by atoms with Gasteiger partial charge in [-0.05, 0) is 11.8 Å². The van der Waals surface area contributed by atoms with Gasteiger partial charge in [0.05, 0.1) is 29.0 Å². The molecule has 0 aromatic carbocycles. The number of hydrogen-bond acceptors (Lipinski definition) is 7. The number of nitrogen functional groups attached to an aromatic ring is 1. The number of aliphatic hydroxyl groups excluding tert-OH is 2. The lowest BCUT2D eigenvalue weighted by Gasteiger charge is -2.28. The third kappa shape index (κ3) is 1.89. The van der Waals surface area contributed by atoms with E-state index in [1.54, 1.807) is 0 Å². The Morgan fingerprint density at radius 2 is 2.35 bits per heavy atom. The predicted molar refractivity (Wildman–Crippen MR) is 76.4 cm³/mol. The number of ether oxygens (including phenoxy) is 1. The molecule has 0 spiro atoms. The fraction of sp³-hybridized carbons (Fsp3) is 0.538. The van der Waals surface area contributed by atoms with Crippen molar-refractivity contribution in [1.29, 1.82) is 0 Å². The number of hydrogen-bond donors (Lipinski definition) is 3. The molecule has 3 heterocycles. The van der Waals surface area contributed by atoms with Gasteiger partial charge in [-0.1, -0.05) is 6.92 Å². The van der Waals surface area contributed by atoms with Gasteiger partial charge < -0.3 is 20.7 Å². The van der Waals surface area contributed by atoms with E-state index in [0.717, 1.165) is 15.8 Å². The van der Waals surface area contributed by atoms with Crippen molar-refractivity contribution >= 4 is 27.4 Å². The Hall–Kier alpha value is -1.28. The van der Waals surface area contributed by atoms with Gasteiger partial charge in [0.2, 0.25) is 0 Å². The number of nitrogens with zero attached hydrogens (tertiary/aromatic N) is 2. The molecule has 0 aliphatic carbocycles. The summed E-state index contributed by atoms with van der Waals surface area (Å²) in [6, 6.07) is 0. The van der Waals surface area contributed by atoms with Crippen molar-refractivity contribution in [1.82, 2.24) is 9.97 Å². The zero-order chi connectivity index (χ0) is 14.3. The van der Waals surface area contributed by atoms with Crippen LogP contribution in [-0.4, -0.2) is 38.5 Å². The van der Waals surface area contributed by atoms with E-state index in [0.29, 0.717) is 18.7 Å². The average Bonchev–Trinajstić information content (AvgIpc) is 3.01. The van der Waals surface area contributed by atoms with E-state index < -0.39 is 11.7 Å². The lowest BCUT2D eigenvalue weighted by molar-refractivity contribution is -0.113. The van der Waals surface area contributed by atoms with Crippen molar-refractivity contribution in [3.8, 4) is 0 Å². The van der Waals surface area contributed by atoms with Gasteiger partial charge in [-0.3, -0.25) is 0 Å². The molecular weight excluding hydrogens is 278 g/mol. The number of thiophene rings is 1. The quantitative estimate of drug-likeness (QED) is 0.787. The molecule has 1 fully saturated rings. The highest BCUT2D eigenvalue weighted by Crippen LogP contribution is 2.44. The smallest absolute Gasteiger partial charge is 0.144 e. The fourth-order valence-electron chi connectivity index (χ4n) is 2.71. The van der Waals surface area contributed by atoms with Crippen molar-refractivity contribution in [3.05, 3.63) is 17.3 Å². The van der Waals surface area contributed by atoms with Crippen LogP contribution in [0.4, 0.5) is 5.82 Å². The maximum atomic E-state index is 10.2. The molecule has 2 aromatic heterocycles. The standard InChI is InChI=1S/C13H17N3O3S/c1-2-13(5-17)9(18)3-8(19-13)7-4-20-11-10(7)15-6-16-12(11)14/h4,6,8-9,17-18H,2-3,5H2,1H3,(H2,14,15,16)/t8-,9+,13-/m1/s1. The van der Waals surface area contributed by atoms with Crippen LogP contribution in [0.25, 0.3) is 10.2 Å². The van der Waals surface area contributed by atoms with E-state index in [2.05, 4.69) is 9.97 Å². The van der Waals surface area contributed by atoms with Gasteiger partial charge in [-0.25, -0.2) is 9.97 Å². The van der Waals surface area contributed by atoms with Gasteiger partial charge in [-0.2, -0.15) is 0 Å². The summed E-state index contributed by atoms with van der Waals surface area (Å²) in [4.78, 5) is 8.24. The van der Waals surface area contributed by atoms with Crippen molar-refractivity contribution in [2.24, 2.45) is 0 Å². The van der Waals surface area contributed by atoms with E-state index in [-0.39, 0.29) is 12.7 Å². The van der Waals surface area contributed by atoms with Crippen molar-refractivity contribution in [2.75, 3.05) is 12.3 Å². The van der Waals surface area contributed by atoms with Gasteiger partial charge in [0, 0.05) is 12.0 Å². The molecule has 1 aliphatic heterocycles. The lowest BCUT2D eigenvalue weighted by Crippen LogP contribution is -2.42. The molecule has 3 atom stereocenters. The Kier molecular flexibility index (Phi) is 3.37. The SMILES string of the molecule is CC[C@]1(CO)O[C@@H](c2csc3c(N)ncnc23)C[C@@H]1O. The summed E-state index contributed by atoms with van der Waals surface area (Å²) >= 11 is 1.47. The molecule has 1 aliphatic rings. The highest BCUT2D eigenvalue weighted by Gasteiger charge is 2.47. The second-order valence-corrected chi connectivity index (χ2v) is 5.94. The predicted octanol–water partition coefficient (Wildman–Crippen LogP) is 1.24. The van der Waals surface area contributed by atoms with E-state index in [1.807, 2.05) is 12.3 Å². The van der Waals surface area contributed by atoms with Gasteiger partial charge in [0.25, 0.3) is 0 Å². The molecule has 3 rings (SSSR count). The van der Waals surface area contributed by atoms with Crippen LogP contribution in [0.15, 0.2) is 11.7 Å². The van der Waals surface area contributed by atoms with Crippen LogP contribution in [0, 0.1) is 0 Å². The third-order valence-corrected chi connectivity index (χ3v) is 5.05. The first-order valence-electron chi connectivity index (χ1n) is 6.55. The third-order valence-electron chi connectivity index (χ3n) is 4.04. The van der Waals surface area contributed by atoms with Crippen molar-refractivity contribution < 1.29 is 14.9 Å². The molecule has 4 N–H and O–H groups in total. The molecule has 0 amide bonds. The molecule has 1 saturated heterocycles. The zero-order valence-electron chi connectivity index (χ0n) is 11.1. The number of rotatable bonds is 3. The molecule has 0 bridgehead atoms. The highest BCUT2D eigenvalue weighted by atomic mass is 32.1. The van der Waals surface area contributed by atoms with Crippen LogP contribution in [0.3, 0.4) is 0 Å². The average molecular weight is 295 g/mol. The molecule has 0 radical (unpaired) electrons. The summed E-state index contributed by atoms with van der Waals surface area (Å²) in [5, 5.41) is 21.7. The van der Waals surface area contributed by atoms with Gasteiger partial charge in [-0.15, -0.1) is 11.3 Å². The Labute approximate surface area is 120 Å². The topological polar surface area (TPSA) is 101 Å². The molecular formula is C13H17N3O3S. The normalized spacial score (nSPS) is 30.1. The second kappa shape index (κ2) is 4.92. The first-order valence-corrected chi connectivity index (χ1v) is 7.43. The van der Waals surface area contributed by atoms with Crippen LogP contribution in [0.2, 0.25) is 0 Å². The number of aliphatic hydroxyl groups is 2. The van der Waals surface area contributed by atoms with Crippen LogP contribution in [-0.2, 0) is 4.74 Å². The van der Waals surface area contributed by atoms with Crippen LogP contribution in [0.5, 0.6) is 0 Å². The van der Waals surface area contributed by atoms with E-state index in [1.165, 1.54) is 17.7 Å². The zero-order valence-corrected chi connectivity index (χ0v) is 11.9. The van der Waals surface area contributed by atoms with Crippen LogP contribution in [0.1, 0.15) is 31.4 Å². The fourth-order valence-corrected chi connectivity index (χ4v) is 3.67. The molecule has 2 aromatic rings. The molecule has 108 valence electrons. The summed E-state index contributed by atoms with van der Waals surface area (Å²) in [6.07, 6.45) is 1.47. The first kappa shape index (κ1) is 13.7. The summed E-state index contributed by atoms with van der Waals surface area (Å²) in [5.74, 6) is 0.453. The largest absolute Gasteiger partial charge is 0.393 e. The monoisotopic (exact) mass is 295 g/mol. The minimum atomic E-state index is -0.877. The number of aromatic nitrogens is 2. The van der Waals surface area contributed by atoms with Gasteiger partial charge >= 0.3 is 0 Å². The van der Waals surface area contributed by atoms with Crippen molar-refractivity contribution in [2.45, 2.75) is 37.6 Å². The van der Waals surface area contributed by atoms with Gasteiger partial charge in [0.15, 0.2) is 0 Å². The minimum Gasteiger partial charge on any atom is -0.393 e. The Morgan fingerprint density at radius 1 is 1.55 bits per heavy atom. The Balaban J connectivity index is 1.99. The number of anilines is 1. The molecule has 6 nitrogen and oxygen atoms in total. The number of nitrogens with two attached hydrogens (primary N) is 1. The number of fused-ring (bicyclic) bond motifs is 1. The summed E-state index contributed by atoms with van der Waals surface area (Å²) in [5.41, 5.74) is 6.63. The Morgan fingerprint density at radius 3 is 3.00 bits per heavy atom. The minimum absolute atomic E-state index is 0.194. The molecule has 0 saturated carbocycles. The van der Waals surface area contributed by atoms with Crippen LogP contribution >= 0.6 is 11.3 Å². The Bertz CT molecular complexity index is 626. The van der Waals surface area contributed by atoms with Crippen molar-refractivity contribution in [3.63, 3.8) is 0 Å². The summed E-state index contributed by atoms with van der Waals surface area (Å²) < 4.78 is 6.79.